The van der Waals surface area contributed by atoms with Gasteiger partial charge in [0.2, 0.25) is 0 Å². The molecule has 0 saturated carbocycles. The van der Waals surface area contributed by atoms with E-state index in [1.807, 2.05) is 0 Å². The Morgan fingerprint density at radius 1 is 1.29 bits per heavy atom. The first-order chi connectivity index (χ1) is 12.9. The lowest BCUT2D eigenvalue weighted by Crippen LogP contribution is -2.32. The summed E-state index contributed by atoms with van der Waals surface area (Å²) < 4.78 is 78.4. The number of nitrogens with one attached hydrogen (secondary N) is 1. The van der Waals surface area contributed by atoms with E-state index in [4.69, 9.17) is 4.74 Å². The van der Waals surface area contributed by atoms with Crippen molar-refractivity contribution in [1.29, 1.82) is 0 Å². The summed E-state index contributed by atoms with van der Waals surface area (Å²) in [5.74, 6) is -2.85. The topological polar surface area (TPSA) is 130 Å². The van der Waals surface area contributed by atoms with Crippen molar-refractivity contribution in [2.75, 3.05) is 27.1 Å². The average molecular weight is 430 g/mol. The average Bonchev–Trinajstić information content (AvgIpc) is 2.59. The van der Waals surface area contributed by atoms with Gasteiger partial charge in [0.15, 0.2) is 24.0 Å². The molecule has 0 radical (unpaired) electrons. The zero-order chi connectivity index (χ0) is 21.5. The number of halogens is 3. The minimum absolute atomic E-state index is 0.0912. The van der Waals surface area contributed by atoms with Crippen molar-refractivity contribution in [3.63, 3.8) is 0 Å². The molecule has 1 aromatic rings. The molecule has 0 aliphatic rings. The van der Waals surface area contributed by atoms with E-state index >= 15 is 0 Å². The molecular weight excluding hydrogens is 413 g/mol. The third-order valence-electron chi connectivity index (χ3n) is 2.95. The molecule has 1 rings (SSSR count). The van der Waals surface area contributed by atoms with E-state index in [1.54, 1.807) is 6.92 Å². The first-order valence-corrected chi connectivity index (χ1v) is 8.91. The lowest BCUT2D eigenvalue weighted by Gasteiger charge is -2.16. The lowest BCUT2D eigenvalue weighted by molar-refractivity contribution is -0.141. The highest BCUT2D eigenvalue weighted by Crippen LogP contribution is 2.33. The van der Waals surface area contributed by atoms with Crippen LogP contribution in [0.15, 0.2) is 6.20 Å². The molecular formula is C14H17F3N2O8S. The van der Waals surface area contributed by atoms with Gasteiger partial charge in [0.1, 0.15) is 6.54 Å². The largest absolute Gasteiger partial charge is 0.534 e. The van der Waals surface area contributed by atoms with Crippen LogP contribution in [0.5, 0.6) is 11.5 Å². The zero-order valence-electron chi connectivity index (χ0n) is 15.0. The normalized spacial score (nSPS) is 11.6. The molecule has 14 heteroatoms. The van der Waals surface area contributed by atoms with Gasteiger partial charge in [-0.3, -0.25) is 9.59 Å². The fraction of sp³-hybridized carbons (Fsp3) is 0.500. The number of carbonyl (C=O) groups is 2. The SMILES string of the molecule is CCOC(=O)CNC(=O)c1ncc(OS(=O)(=O)C(F)(F)F)c(C)c1OCOC. The Balaban J connectivity index is 3.20. The molecule has 0 bridgehead atoms. The Morgan fingerprint density at radius 3 is 2.46 bits per heavy atom. The Hall–Kier alpha value is -2.61. The van der Waals surface area contributed by atoms with Gasteiger partial charge in [-0.15, -0.1) is 0 Å². The molecule has 1 amide bonds. The second-order valence-electron chi connectivity index (χ2n) is 4.95. The Labute approximate surface area is 158 Å². The van der Waals surface area contributed by atoms with Gasteiger partial charge in [0.25, 0.3) is 5.91 Å². The molecule has 0 unspecified atom stereocenters. The summed E-state index contributed by atoms with van der Waals surface area (Å²) in [6, 6.07) is 0. The third kappa shape index (κ3) is 5.95. The van der Waals surface area contributed by atoms with Gasteiger partial charge in [-0.1, -0.05) is 0 Å². The number of methoxy groups -OCH3 is 1. The van der Waals surface area contributed by atoms with E-state index in [-0.39, 0.29) is 12.2 Å². The molecule has 0 saturated heterocycles. The van der Waals surface area contributed by atoms with Crippen LogP contribution in [0.1, 0.15) is 23.0 Å². The quantitative estimate of drug-likeness (QED) is 0.263. The minimum Gasteiger partial charge on any atom is -0.465 e. The number of nitrogens with zero attached hydrogens (tertiary/aromatic N) is 1. The molecule has 1 N–H and O–H groups in total. The second kappa shape index (κ2) is 9.54. The van der Waals surface area contributed by atoms with E-state index in [9.17, 15) is 31.2 Å². The van der Waals surface area contributed by atoms with Gasteiger partial charge in [-0.05, 0) is 13.8 Å². The van der Waals surface area contributed by atoms with Crippen LogP contribution in [0.4, 0.5) is 13.2 Å². The van der Waals surface area contributed by atoms with Gasteiger partial charge >= 0.3 is 21.6 Å². The summed E-state index contributed by atoms with van der Waals surface area (Å²) in [5, 5.41) is 2.18. The van der Waals surface area contributed by atoms with E-state index in [0.717, 1.165) is 6.92 Å². The van der Waals surface area contributed by atoms with E-state index < -0.39 is 58.0 Å². The molecule has 10 nitrogen and oxygen atoms in total. The number of aromatic nitrogens is 1. The van der Waals surface area contributed by atoms with E-state index in [2.05, 4.69) is 24.0 Å². The molecule has 28 heavy (non-hydrogen) atoms. The maximum Gasteiger partial charge on any atom is 0.534 e. The second-order valence-corrected chi connectivity index (χ2v) is 6.48. The highest BCUT2D eigenvalue weighted by molar-refractivity contribution is 7.88. The van der Waals surface area contributed by atoms with Crippen LogP contribution >= 0.6 is 0 Å². The van der Waals surface area contributed by atoms with Crippen LogP contribution in [0.2, 0.25) is 0 Å². The van der Waals surface area contributed by atoms with Crippen LogP contribution in [0.3, 0.4) is 0 Å². The number of ether oxygens (including phenoxy) is 3. The van der Waals surface area contributed by atoms with Crippen LogP contribution in [0.25, 0.3) is 0 Å². The maximum atomic E-state index is 12.5. The summed E-state index contributed by atoms with van der Waals surface area (Å²) in [6.07, 6.45) is 0.609. The number of amides is 1. The minimum atomic E-state index is -5.96. The first kappa shape index (κ1) is 23.4. The molecule has 0 aliphatic carbocycles. The summed E-state index contributed by atoms with van der Waals surface area (Å²) >= 11 is 0. The Kier molecular flexibility index (Phi) is 7.99. The fourth-order valence-electron chi connectivity index (χ4n) is 1.72. The van der Waals surface area contributed by atoms with Crippen molar-refractivity contribution in [3.8, 4) is 11.5 Å². The van der Waals surface area contributed by atoms with Crippen LogP contribution in [-0.4, -0.2) is 57.8 Å². The maximum absolute atomic E-state index is 12.5. The van der Waals surface area contributed by atoms with Crippen LogP contribution in [0, 0.1) is 6.92 Å². The predicted octanol–water partition coefficient (Wildman–Crippen LogP) is 0.894. The van der Waals surface area contributed by atoms with Crippen molar-refractivity contribution in [2.45, 2.75) is 19.4 Å². The summed E-state index contributed by atoms with van der Waals surface area (Å²) in [5.41, 5.74) is -6.36. The summed E-state index contributed by atoms with van der Waals surface area (Å²) in [6.45, 7) is 1.87. The Morgan fingerprint density at radius 2 is 1.93 bits per heavy atom. The lowest BCUT2D eigenvalue weighted by atomic mass is 10.2. The zero-order valence-corrected chi connectivity index (χ0v) is 15.8. The van der Waals surface area contributed by atoms with Crippen molar-refractivity contribution < 1.29 is 49.6 Å². The van der Waals surface area contributed by atoms with Gasteiger partial charge in [0, 0.05) is 12.7 Å². The monoisotopic (exact) mass is 430 g/mol. The van der Waals surface area contributed by atoms with Crippen LogP contribution < -0.4 is 14.2 Å². The standard InChI is InChI=1S/C14H17F3N2O8S/c1-4-25-10(20)6-19-13(21)11-12(26-7-24-3)8(2)9(5-18-11)27-28(22,23)14(15,16)17/h5H,4,6-7H2,1-3H3,(H,19,21). The molecule has 0 aliphatic heterocycles. The van der Waals surface area contributed by atoms with Gasteiger partial charge < -0.3 is 23.7 Å². The molecule has 1 aromatic heterocycles. The number of hydrogen-bond donors (Lipinski definition) is 1. The summed E-state index contributed by atoms with van der Waals surface area (Å²) in [7, 11) is -4.73. The third-order valence-corrected chi connectivity index (χ3v) is 3.92. The van der Waals surface area contributed by atoms with Gasteiger partial charge in [-0.25, -0.2) is 4.98 Å². The summed E-state index contributed by atoms with van der Waals surface area (Å²) in [4.78, 5) is 27.1. The number of alkyl halides is 3. The van der Waals surface area contributed by atoms with Crippen LogP contribution in [-0.2, 0) is 24.4 Å². The number of rotatable bonds is 9. The highest BCUT2D eigenvalue weighted by atomic mass is 32.2. The smallest absolute Gasteiger partial charge is 0.465 e. The molecule has 0 spiro atoms. The number of pyridine rings is 1. The first-order valence-electron chi connectivity index (χ1n) is 7.50. The fourth-order valence-corrected chi connectivity index (χ4v) is 2.22. The van der Waals surface area contributed by atoms with Crippen molar-refractivity contribution >= 4 is 22.0 Å². The highest BCUT2D eigenvalue weighted by Gasteiger charge is 2.49. The number of hydrogen-bond acceptors (Lipinski definition) is 9. The molecule has 0 aromatic carbocycles. The molecule has 1 heterocycles. The number of esters is 1. The Bertz CT molecular complexity index is 827. The molecule has 0 atom stereocenters. The molecule has 0 fully saturated rings. The van der Waals surface area contributed by atoms with E-state index in [1.165, 1.54) is 7.11 Å². The predicted molar refractivity (Wildman–Crippen MR) is 86.0 cm³/mol. The van der Waals surface area contributed by atoms with Gasteiger partial charge in [-0.2, -0.15) is 21.6 Å². The van der Waals surface area contributed by atoms with E-state index in [0.29, 0.717) is 6.20 Å². The van der Waals surface area contributed by atoms with Gasteiger partial charge in [0.05, 0.1) is 12.8 Å². The number of carbonyl (C=O) groups excluding carboxylic acids is 2. The molecule has 158 valence electrons. The van der Waals surface area contributed by atoms with Crippen molar-refractivity contribution in [1.82, 2.24) is 10.3 Å². The van der Waals surface area contributed by atoms with Crippen molar-refractivity contribution in [2.24, 2.45) is 0 Å². The van der Waals surface area contributed by atoms with Crippen molar-refractivity contribution in [3.05, 3.63) is 17.5 Å².